The van der Waals surface area contributed by atoms with Crippen molar-refractivity contribution in [1.82, 2.24) is 0 Å². The number of rotatable bonds is 20. The molecule has 0 spiro atoms. The second-order valence-corrected chi connectivity index (χ2v) is 45.4. The molecule has 0 fully saturated rings. The second kappa shape index (κ2) is 16.0. The van der Waals surface area contributed by atoms with Crippen molar-refractivity contribution in [2.45, 2.75) is 136 Å². The largest absolute Gasteiger partial charge is 0.455 e. The Morgan fingerprint density at radius 3 is 1.38 bits per heavy atom. The number of nitrogens with zero attached hydrogens (tertiary/aromatic N) is 1. The van der Waals surface area contributed by atoms with E-state index >= 15 is 0 Å². The van der Waals surface area contributed by atoms with Crippen molar-refractivity contribution in [3.05, 3.63) is 0 Å². The number of hydrogen-bond acceptors (Lipinski definition) is 10. The summed E-state index contributed by atoms with van der Waals surface area (Å²) >= 11 is 0. The first-order valence-corrected chi connectivity index (χ1v) is 36.7. The van der Waals surface area contributed by atoms with Gasteiger partial charge < -0.3 is 31.0 Å². The van der Waals surface area contributed by atoms with Crippen LogP contribution in [-0.4, -0.2) is 94.3 Å². The average Bonchev–Trinajstić information content (AvgIpc) is 2.65. The highest BCUT2D eigenvalue weighted by atomic mass is 31.2. The molecule has 42 heavy (non-hydrogen) atoms. The maximum absolute atomic E-state index is 14.0. The van der Waals surface area contributed by atoms with Crippen LogP contribution in [0.15, 0.2) is 5.16 Å². The standard InChI is InChI=1S/C25H64NO9PSi6/c1-28-26-22(20-29-36(27,34-41(14,15)16)35-42(17,18)19)24(32-39(8,9)10)25(33-40(11,12)13)23(31-38(5,6)7)21-30-37(2,3)4/h23-25H,20-21H2,1-19H3/t23-,24-,25-/m0/s1. The van der Waals surface area contributed by atoms with Gasteiger partial charge in [-0.15, -0.1) is 0 Å². The molecule has 0 aliphatic carbocycles. The lowest BCUT2D eigenvalue weighted by Crippen LogP contribution is -2.57. The molecule has 10 nitrogen and oxygen atoms in total. The lowest BCUT2D eigenvalue weighted by Gasteiger charge is -2.42. The summed E-state index contributed by atoms with van der Waals surface area (Å²) in [6.07, 6.45) is -1.71. The molecule has 0 bridgehead atoms. The summed E-state index contributed by atoms with van der Waals surface area (Å²) in [5, 5.41) is 4.38. The highest BCUT2D eigenvalue weighted by molar-refractivity contribution is 7.52. The molecule has 0 amide bonds. The van der Waals surface area contributed by atoms with Crippen LogP contribution in [-0.2, 0) is 40.1 Å². The Morgan fingerprint density at radius 2 is 1.05 bits per heavy atom. The van der Waals surface area contributed by atoms with Gasteiger partial charge in [0.2, 0.25) is 0 Å². The van der Waals surface area contributed by atoms with E-state index in [1.807, 2.05) is 39.3 Å². The Kier molecular flexibility index (Phi) is 16.3. The predicted molar refractivity (Wildman–Crippen MR) is 191 cm³/mol. The van der Waals surface area contributed by atoms with E-state index in [0.29, 0.717) is 12.3 Å². The SMILES string of the molecule is CON=C(COP(=O)(O[Si](C)(C)C)O[Si](C)(C)C)[C@H](O[Si](C)(C)C)[C@@H](O[Si](C)(C)C)[C@H](CO[Si](C)(C)C)O[Si](C)(C)C. The first-order valence-electron chi connectivity index (χ1n) is 14.8. The summed E-state index contributed by atoms with van der Waals surface area (Å²) in [5.74, 6) is 0. The van der Waals surface area contributed by atoms with Crippen LogP contribution in [0.1, 0.15) is 0 Å². The van der Waals surface area contributed by atoms with E-state index in [-0.39, 0.29) is 6.61 Å². The molecule has 0 N–H and O–H groups in total. The van der Waals surface area contributed by atoms with E-state index in [1.54, 1.807) is 0 Å². The van der Waals surface area contributed by atoms with Crippen molar-refractivity contribution in [2.75, 3.05) is 20.3 Å². The average molecular weight is 722 g/mol. The first-order chi connectivity index (χ1) is 18.3. The normalized spacial score (nSPS) is 17.3. The Labute approximate surface area is 264 Å². The first kappa shape index (κ1) is 42.7. The van der Waals surface area contributed by atoms with Crippen molar-refractivity contribution in [3.63, 3.8) is 0 Å². The minimum Gasteiger partial charge on any atom is -0.415 e. The van der Waals surface area contributed by atoms with Crippen LogP contribution < -0.4 is 0 Å². The van der Waals surface area contributed by atoms with Crippen molar-refractivity contribution >= 4 is 63.4 Å². The third-order valence-corrected chi connectivity index (χ3v) is 15.1. The minimum absolute atomic E-state index is 0.185. The van der Waals surface area contributed by atoms with Crippen molar-refractivity contribution in [2.24, 2.45) is 5.16 Å². The third-order valence-electron chi connectivity index (χ3n) is 4.50. The lowest BCUT2D eigenvalue weighted by atomic mass is 10.0. The van der Waals surface area contributed by atoms with E-state index in [1.165, 1.54) is 7.11 Å². The number of oxime groups is 1. The van der Waals surface area contributed by atoms with Crippen LogP contribution in [0, 0.1) is 0 Å². The monoisotopic (exact) mass is 721 g/mol. The predicted octanol–water partition coefficient (Wildman–Crippen LogP) is 8.33. The fraction of sp³-hybridized carbons (Fsp3) is 0.960. The quantitative estimate of drug-likeness (QED) is 0.0531. The highest BCUT2D eigenvalue weighted by Gasteiger charge is 2.45. The van der Waals surface area contributed by atoms with Crippen molar-refractivity contribution < 1.29 is 40.1 Å². The number of phosphoric acid groups is 1. The Bertz CT molecular complexity index is 881. The molecule has 0 aromatic rings. The van der Waals surface area contributed by atoms with E-state index in [2.05, 4.69) is 83.7 Å². The third kappa shape index (κ3) is 21.5. The fourth-order valence-corrected chi connectivity index (χ4v) is 14.1. The molecule has 0 radical (unpaired) electrons. The fourth-order valence-electron chi connectivity index (χ4n) is 3.59. The molecule has 0 heterocycles. The van der Waals surface area contributed by atoms with Crippen LogP contribution in [0.5, 0.6) is 0 Å². The zero-order valence-electron chi connectivity index (χ0n) is 30.2. The molecule has 0 aromatic heterocycles. The molecule has 3 atom stereocenters. The molecule has 0 unspecified atom stereocenters. The van der Waals surface area contributed by atoms with Gasteiger partial charge in [0, 0.05) is 0 Å². The van der Waals surface area contributed by atoms with Crippen molar-refractivity contribution in [1.29, 1.82) is 0 Å². The van der Waals surface area contributed by atoms with E-state index in [4.69, 9.17) is 35.5 Å². The van der Waals surface area contributed by atoms with Gasteiger partial charge in [0.25, 0.3) is 0 Å². The Morgan fingerprint density at radius 1 is 0.619 bits per heavy atom. The summed E-state index contributed by atoms with van der Waals surface area (Å²) in [6, 6.07) is 0. The maximum Gasteiger partial charge on any atom is 0.455 e. The molecule has 0 saturated carbocycles. The van der Waals surface area contributed by atoms with Crippen LogP contribution in [0.25, 0.3) is 0 Å². The van der Waals surface area contributed by atoms with Crippen LogP contribution in [0.2, 0.25) is 118 Å². The summed E-state index contributed by atoms with van der Waals surface area (Å²) in [7, 11) is -15.4. The molecule has 0 aliphatic rings. The summed E-state index contributed by atoms with van der Waals surface area (Å²) in [5.41, 5.74) is 0.402. The second-order valence-electron chi connectivity index (χ2n) is 16.4. The van der Waals surface area contributed by atoms with Crippen LogP contribution in [0.3, 0.4) is 0 Å². The van der Waals surface area contributed by atoms with Gasteiger partial charge in [-0.05, 0) is 118 Å². The van der Waals surface area contributed by atoms with Gasteiger partial charge in [-0.1, -0.05) is 5.16 Å². The van der Waals surface area contributed by atoms with E-state index in [9.17, 15) is 4.57 Å². The van der Waals surface area contributed by atoms with Gasteiger partial charge in [0.05, 0.1) is 12.7 Å². The van der Waals surface area contributed by atoms with Gasteiger partial charge in [-0.3, -0.25) is 4.52 Å². The van der Waals surface area contributed by atoms with Gasteiger partial charge >= 0.3 is 7.82 Å². The van der Waals surface area contributed by atoms with Gasteiger partial charge in [0.15, 0.2) is 49.9 Å². The molecule has 17 heteroatoms. The summed E-state index contributed by atoms with van der Waals surface area (Å²) in [4.78, 5) is 5.33. The van der Waals surface area contributed by atoms with Gasteiger partial charge in [-0.2, -0.15) is 0 Å². The zero-order valence-corrected chi connectivity index (χ0v) is 37.1. The molecule has 0 aliphatic heterocycles. The molecule has 0 saturated heterocycles. The Balaban J connectivity index is 6.99. The number of hydrogen-bond donors (Lipinski definition) is 0. The summed E-state index contributed by atoms with van der Waals surface area (Å²) < 4.78 is 59.1. The van der Waals surface area contributed by atoms with E-state index in [0.717, 1.165) is 0 Å². The Hall–Kier alpha value is 0.721. The molecule has 252 valence electrons. The topological polar surface area (TPSA) is 103 Å². The zero-order chi connectivity index (χ0) is 33.6. The molecular weight excluding hydrogens is 658 g/mol. The molecule has 0 aromatic carbocycles. The van der Waals surface area contributed by atoms with Gasteiger partial charge in [0.1, 0.15) is 31.6 Å². The highest BCUT2D eigenvalue weighted by Crippen LogP contribution is 2.54. The molecular formula is C25H64NO9PSi6. The van der Waals surface area contributed by atoms with Crippen LogP contribution in [0.4, 0.5) is 0 Å². The minimum atomic E-state index is -3.93. The van der Waals surface area contributed by atoms with Crippen molar-refractivity contribution in [3.8, 4) is 0 Å². The lowest BCUT2D eigenvalue weighted by molar-refractivity contribution is -0.0307. The maximum atomic E-state index is 14.0. The van der Waals surface area contributed by atoms with E-state index < -0.39 is 76.0 Å². The van der Waals surface area contributed by atoms with Gasteiger partial charge in [-0.25, -0.2) is 4.57 Å². The smallest absolute Gasteiger partial charge is 0.415 e. The molecule has 0 rings (SSSR count). The summed E-state index contributed by atoms with van der Waals surface area (Å²) in [6.45, 7) is 37.5. The van der Waals surface area contributed by atoms with Crippen LogP contribution >= 0.6 is 7.82 Å².